The van der Waals surface area contributed by atoms with Gasteiger partial charge in [0.2, 0.25) is 5.91 Å². The van der Waals surface area contributed by atoms with Crippen molar-refractivity contribution in [2.24, 2.45) is 5.73 Å². The standard InChI is InChI=1S/C13H17ClN2O2S/c1-13(2,3)18-7-11(17)16-10-6-8(14)4-5-9(10)12(15)19/h4-6H,7H2,1-3H3,(H2,15,19)(H,16,17). The molecule has 0 aliphatic rings. The van der Waals surface area contributed by atoms with E-state index in [-0.39, 0.29) is 23.1 Å². The fraction of sp³-hybridized carbons (Fsp3) is 0.385. The van der Waals surface area contributed by atoms with E-state index in [1.54, 1.807) is 18.2 Å². The van der Waals surface area contributed by atoms with Gasteiger partial charge in [-0.25, -0.2) is 0 Å². The third-order valence-corrected chi connectivity index (χ3v) is 2.61. The topological polar surface area (TPSA) is 64.3 Å². The highest BCUT2D eigenvalue weighted by Crippen LogP contribution is 2.21. The lowest BCUT2D eigenvalue weighted by Crippen LogP contribution is -2.27. The van der Waals surface area contributed by atoms with Crippen molar-refractivity contribution in [2.75, 3.05) is 11.9 Å². The van der Waals surface area contributed by atoms with Crippen molar-refractivity contribution in [1.82, 2.24) is 0 Å². The molecule has 1 rings (SSSR count). The van der Waals surface area contributed by atoms with E-state index in [0.717, 1.165) is 0 Å². The number of nitrogens with one attached hydrogen (secondary N) is 1. The maximum atomic E-state index is 11.8. The highest BCUT2D eigenvalue weighted by atomic mass is 35.5. The predicted octanol–water partition coefficient (Wildman–Crippen LogP) is 2.73. The van der Waals surface area contributed by atoms with Gasteiger partial charge in [0.1, 0.15) is 11.6 Å². The number of thiocarbonyl (C=S) groups is 1. The molecule has 1 aromatic rings. The van der Waals surface area contributed by atoms with Crippen molar-refractivity contribution >= 4 is 40.4 Å². The minimum absolute atomic E-state index is 0.0488. The third-order valence-electron chi connectivity index (χ3n) is 2.16. The monoisotopic (exact) mass is 300 g/mol. The van der Waals surface area contributed by atoms with Gasteiger partial charge in [0, 0.05) is 10.6 Å². The smallest absolute Gasteiger partial charge is 0.250 e. The van der Waals surface area contributed by atoms with Crippen molar-refractivity contribution in [3.8, 4) is 0 Å². The average molecular weight is 301 g/mol. The van der Waals surface area contributed by atoms with E-state index in [0.29, 0.717) is 16.3 Å². The summed E-state index contributed by atoms with van der Waals surface area (Å²) in [7, 11) is 0. The number of nitrogens with two attached hydrogens (primary N) is 1. The number of anilines is 1. The lowest BCUT2D eigenvalue weighted by molar-refractivity contribution is -0.125. The highest BCUT2D eigenvalue weighted by Gasteiger charge is 2.14. The van der Waals surface area contributed by atoms with Gasteiger partial charge in [-0.05, 0) is 39.0 Å². The van der Waals surface area contributed by atoms with Crippen LogP contribution < -0.4 is 11.1 Å². The third kappa shape index (κ3) is 5.55. The van der Waals surface area contributed by atoms with E-state index < -0.39 is 0 Å². The van der Waals surface area contributed by atoms with Crippen LogP contribution in [0, 0.1) is 0 Å². The van der Waals surface area contributed by atoms with Gasteiger partial charge >= 0.3 is 0 Å². The maximum Gasteiger partial charge on any atom is 0.250 e. The van der Waals surface area contributed by atoms with Gasteiger partial charge in [0.15, 0.2) is 0 Å². The van der Waals surface area contributed by atoms with E-state index in [4.69, 9.17) is 34.3 Å². The van der Waals surface area contributed by atoms with Gasteiger partial charge in [-0.1, -0.05) is 23.8 Å². The molecule has 0 atom stereocenters. The van der Waals surface area contributed by atoms with Crippen molar-refractivity contribution in [3.05, 3.63) is 28.8 Å². The van der Waals surface area contributed by atoms with Gasteiger partial charge in [-0.3, -0.25) is 4.79 Å². The first-order valence-electron chi connectivity index (χ1n) is 5.72. The molecule has 0 fully saturated rings. The van der Waals surface area contributed by atoms with Crippen molar-refractivity contribution in [1.29, 1.82) is 0 Å². The number of carbonyl (C=O) groups excluding carboxylic acids is 1. The minimum Gasteiger partial charge on any atom is -0.389 e. The van der Waals surface area contributed by atoms with E-state index in [1.165, 1.54) is 0 Å². The molecule has 0 bridgehead atoms. The molecule has 1 aromatic carbocycles. The van der Waals surface area contributed by atoms with Crippen molar-refractivity contribution in [3.63, 3.8) is 0 Å². The molecule has 0 saturated carbocycles. The molecule has 0 heterocycles. The largest absolute Gasteiger partial charge is 0.389 e. The average Bonchev–Trinajstić information content (AvgIpc) is 2.25. The second-order valence-electron chi connectivity index (χ2n) is 5.00. The molecule has 1 amide bonds. The van der Waals surface area contributed by atoms with E-state index in [2.05, 4.69) is 5.32 Å². The molecular weight excluding hydrogens is 284 g/mol. The molecule has 19 heavy (non-hydrogen) atoms. The molecule has 104 valence electrons. The summed E-state index contributed by atoms with van der Waals surface area (Å²) in [6, 6.07) is 4.94. The Kier molecular flexibility index (Phi) is 5.29. The first-order valence-corrected chi connectivity index (χ1v) is 6.51. The maximum absolute atomic E-state index is 11.8. The SMILES string of the molecule is CC(C)(C)OCC(=O)Nc1cc(Cl)ccc1C(N)=S. The highest BCUT2D eigenvalue weighted by molar-refractivity contribution is 7.80. The zero-order chi connectivity index (χ0) is 14.6. The molecule has 0 aliphatic heterocycles. The summed E-state index contributed by atoms with van der Waals surface area (Å²) in [6.45, 7) is 5.58. The molecule has 3 N–H and O–H groups in total. The van der Waals surface area contributed by atoms with Gasteiger partial charge in [-0.15, -0.1) is 0 Å². The van der Waals surface area contributed by atoms with Crippen LogP contribution in [-0.4, -0.2) is 23.1 Å². The summed E-state index contributed by atoms with van der Waals surface area (Å²) in [4.78, 5) is 12.0. The quantitative estimate of drug-likeness (QED) is 0.839. The fourth-order valence-electron chi connectivity index (χ4n) is 1.30. The Morgan fingerprint density at radius 1 is 1.47 bits per heavy atom. The molecule has 6 heteroatoms. The number of amides is 1. The molecule has 0 radical (unpaired) electrons. The number of halogens is 1. The van der Waals surface area contributed by atoms with Crippen LogP contribution in [0.1, 0.15) is 26.3 Å². The second kappa shape index (κ2) is 6.32. The Bertz CT molecular complexity index is 498. The Morgan fingerprint density at radius 2 is 2.11 bits per heavy atom. The van der Waals surface area contributed by atoms with Crippen LogP contribution >= 0.6 is 23.8 Å². The van der Waals surface area contributed by atoms with Crippen LogP contribution in [-0.2, 0) is 9.53 Å². The summed E-state index contributed by atoms with van der Waals surface area (Å²) in [5.74, 6) is -0.283. The zero-order valence-corrected chi connectivity index (χ0v) is 12.7. The van der Waals surface area contributed by atoms with Crippen molar-refractivity contribution < 1.29 is 9.53 Å². The summed E-state index contributed by atoms with van der Waals surface area (Å²) < 4.78 is 5.38. The van der Waals surface area contributed by atoms with E-state index in [1.807, 2.05) is 20.8 Å². The summed E-state index contributed by atoms with van der Waals surface area (Å²) >= 11 is 10.8. The Hall–Kier alpha value is -1.17. The van der Waals surface area contributed by atoms with Crippen LogP contribution in [0.5, 0.6) is 0 Å². The van der Waals surface area contributed by atoms with E-state index in [9.17, 15) is 4.79 Å². The van der Waals surface area contributed by atoms with Gasteiger partial charge in [0.25, 0.3) is 0 Å². The number of rotatable bonds is 4. The van der Waals surface area contributed by atoms with Crippen LogP contribution in [0.2, 0.25) is 5.02 Å². The Labute approximate surface area is 123 Å². The number of benzene rings is 1. The lowest BCUT2D eigenvalue weighted by Gasteiger charge is -2.19. The molecule has 0 aromatic heterocycles. The Morgan fingerprint density at radius 3 is 2.63 bits per heavy atom. The van der Waals surface area contributed by atoms with Crippen LogP contribution in [0.4, 0.5) is 5.69 Å². The first kappa shape index (κ1) is 15.9. The first-order chi connectivity index (χ1) is 8.69. The number of ether oxygens (including phenoxy) is 1. The normalized spacial score (nSPS) is 11.2. The molecule has 0 aliphatic carbocycles. The summed E-state index contributed by atoms with van der Waals surface area (Å²) in [5, 5.41) is 3.18. The van der Waals surface area contributed by atoms with Gasteiger partial charge in [-0.2, -0.15) is 0 Å². The molecule has 0 unspecified atom stereocenters. The number of hydrogen-bond donors (Lipinski definition) is 2. The molecule has 0 spiro atoms. The molecule has 0 saturated heterocycles. The summed E-state index contributed by atoms with van der Waals surface area (Å²) in [6.07, 6.45) is 0. The predicted molar refractivity (Wildman–Crippen MR) is 81.7 cm³/mol. The molecular formula is C13H17ClN2O2S. The zero-order valence-electron chi connectivity index (χ0n) is 11.1. The van der Waals surface area contributed by atoms with Gasteiger partial charge in [0.05, 0.1) is 11.3 Å². The second-order valence-corrected chi connectivity index (χ2v) is 5.88. The van der Waals surface area contributed by atoms with Crippen molar-refractivity contribution in [2.45, 2.75) is 26.4 Å². The minimum atomic E-state index is -0.377. The van der Waals surface area contributed by atoms with Crippen LogP contribution in [0.15, 0.2) is 18.2 Å². The fourth-order valence-corrected chi connectivity index (χ4v) is 1.65. The van der Waals surface area contributed by atoms with Crippen LogP contribution in [0.3, 0.4) is 0 Å². The lowest BCUT2D eigenvalue weighted by atomic mass is 10.1. The number of carbonyl (C=O) groups is 1. The van der Waals surface area contributed by atoms with E-state index >= 15 is 0 Å². The van der Waals surface area contributed by atoms with Crippen LogP contribution in [0.25, 0.3) is 0 Å². The summed E-state index contributed by atoms with van der Waals surface area (Å²) in [5.41, 5.74) is 6.27. The molecule has 4 nitrogen and oxygen atoms in total. The van der Waals surface area contributed by atoms with Gasteiger partial charge < -0.3 is 15.8 Å². The number of hydrogen-bond acceptors (Lipinski definition) is 3. The Balaban J connectivity index is 2.78.